The Morgan fingerprint density at radius 2 is 2.10 bits per heavy atom. The molecule has 1 aliphatic heterocycles. The fourth-order valence-corrected chi connectivity index (χ4v) is 2.86. The number of anilines is 1. The second kappa shape index (κ2) is 9.89. The zero-order chi connectivity index (χ0) is 21.5. The van der Waals surface area contributed by atoms with E-state index < -0.39 is 0 Å². The third kappa shape index (κ3) is 5.57. The molecule has 8 heteroatoms. The van der Waals surface area contributed by atoms with Gasteiger partial charge in [0.1, 0.15) is 11.5 Å². The van der Waals surface area contributed by atoms with E-state index in [9.17, 15) is 4.79 Å². The van der Waals surface area contributed by atoms with Gasteiger partial charge in [-0.05, 0) is 30.7 Å². The lowest BCUT2D eigenvalue weighted by molar-refractivity contribution is -0.116. The third-order valence-corrected chi connectivity index (χ3v) is 4.16. The van der Waals surface area contributed by atoms with Crippen LogP contribution < -0.4 is 15.4 Å². The maximum atomic E-state index is 11.3. The number of nitrogens with one attached hydrogen (secondary N) is 2. The number of aromatic nitrogens is 3. The Morgan fingerprint density at radius 1 is 1.30 bits per heavy atom. The molecule has 0 saturated carbocycles. The van der Waals surface area contributed by atoms with Crippen molar-refractivity contribution in [1.82, 2.24) is 19.9 Å². The molecule has 2 N–H and O–H groups in total. The molecule has 1 saturated heterocycles. The molecule has 8 nitrogen and oxygen atoms in total. The lowest BCUT2D eigenvalue weighted by Gasteiger charge is -2.28. The summed E-state index contributed by atoms with van der Waals surface area (Å²) in [6.45, 7) is 10.9. The predicted octanol–water partition coefficient (Wildman–Crippen LogP) is 3.55. The molecule has 0 bridgehead atoms. The van der Waals surface area contributed by atoms with E-state index in [1.54, 1.807) is 23.7 Å². The van der Waals surface area contributed by atoms with Crippen LogP contribution in [-0.2, 0) is 16.0 Å². The topological polar surface area (TPSA) is 89.8 Å². The Morgan fingerprint density at radius 3 is 2.80 bits per heavy atom. The highest BCUT2D eigenvalue weighted by atomic mass is 16.5. The van der Waals surface area contributed by atoms with Crippen molar-refractivity contribution in [1.29, 1.82) is 0 Å². The van der Waals surface area contributed by atoms with Gasteiger partial charge in [0, 0.05) is 12.5 Å². The van der Waals surface area contributed by atoms with Gasteiger partial charge in [-0.25, -0.2) is 9.50 Å². The van der Waals surface area contributed by atoms with E-state index in [0.29, 0.717) is 48.6 Å². The predicted molar refractivity (Wildman–Crippen MR) is 116 cm³/mol. The van der Waals surface area contributed by atoms with Gasteiger partial charge in [-0.2, -0.15) is 0 Å². The van der Waals surface area contributed by atoms with Gasteiger partial charge in [-0.1, -0.05) is 32.6 Å². The Hall–Kier alpha value is -3.39. The van der Waals surface area contributed by atoms with Crippen molar-refractivity contribution in [3.05, 3.63) is 60.6 Å². The molecule has 0 radical (unpaired) electrons. The van der Waals surface area contributed by atoms with Crippen molar-refractivity contribution in [2.75, 3.05) is 18.5 Å². The molecule has 0 spiro atoms. The van der Waals surface area contributed by atoms with Crippen molar-refractivity contribution in [2.45, 2.75) is 33.2 Å². The second-order valence-electron chi connectivity index (χ2n) is 6.71. The van der Waals surface area contributed by atoms with E-state index in [4.69, 9.17) is 9.47 Å². The fourth-order valence-electron chi connectivity index (χ4n) is 2.86. The fraction of sp³-hybridized carbons (Fsp3) is 0.318. The van der Waals surface area contributed by atoms with E-state index in [0.717, 1.165) is 5.56 Å². The molecular formula is C22H27N5O3. The molecule has 1 fully saturated rings. The van der Waals surface area contributed by atoms with Crippen LogP contribution in [0, 0.1) is 0 Å². The highest BCUT2D eigenvalue weighted by Crippen LogP contribution is 2.22. The van der Waals surface area contributed by atoms with Crippen LogP contribution in [-0.4, -0.2) is 39.6 Å². The van der Waals surface area contributed by atoms with Crippen molar-refractivity contribution in [3.8, 4) is 11.6 Å². The number of hydrogen-bond donors (Lipinski definition) is 2. The minimum atomic E-state index is 0.107. The number of carbonyl (C=O) groups is 1. The molecule has 3 heterocycles. The third-order valence-electron chi connectivity index (χ3n) is 4.16. The largest absolute Gasteiger partial charge is 0.438 e. The first kappa shape index (κ1) is 21.3. The highest BCUT2D eigenvalue weighted by molar-refractivity contribution is 5.78. The highest BCUT2D eigenvalue weighted by Gasteiger charge is 2.18. The summed E-state index contributed by atoms with van der Waals surface area (Å²) in [6, 6.07) is 11.3. The van der Waals surface area contributed by atoms with Gasteiger partial charge in [0.25, 0.3) is 0 Å². The summed E-state index contributed by atoms with van der Waals surface area (Å²) < 4.78 is 12.6. The van der Waals surface area contributed by atoms with Crippen molar-refractivity contribution in [2.24, 2.45) is 0 Å². The Kier molecular flexibility index (Phi) is 7.03. The van der Waals surface area contributed by atoms with E-state index in [-0.39, 0.29) is 11.8 Å². The minimum absolute atomic E-state index is 0.107. The molecule has 158 valence electrons. The number of ether oxygens (including phenoxy) is 2. The number of nitrogens with zero attached hydrogens (tertiary/aromatic N) is 3. The number of imidazole rings is 1. The van der Waals surface area contributed by atoms with Crippen LogP contribution in [0.25, 0.3) is 5.65 Å². The molecule has 0 atom stereocenters. The smallest absolute Gasteiger partial charge is 0.237 e. The van der Waals surface area contributed by atoms with Gasteiger partial charge in [-0.3, -0.25) is 4.79 Å². The van der Waals surface area contributed by atoms with Crippen LogP contribution in [0.2, 0.25) is 0 Å². The molecule has 4 rings (SSSR count). The number of benzene rings is 1. The first-order valence-electron chi connectivity index (χ1n) is 9.98. The standard InChI is InChI=1S/C20H21N5O3.C2H6/c1-13(26)8-15-4-3-5-17(9-15)28-20-7-6-19-23-18(10-25(19)24-20)22-14(2)21-16-11-27-12-16;1-2/h3-7,9-10,16,21-22H,2,8,11-12H2,1H3;1-2H3. The van der Waals surface area contributed by atoms with E-state index in [2.05, 4.69) is 27.3 Å². The van der Waals surface area contributed by atoms with Gasteiger partial charge < -0.3 is 20.1 Å². The summed E-state index contributed by atoms with van der Waals surface area (Å²) in [7, 11) is 0. The van der Waals surface area contributed by atoms with Crippen LogP contribution in [0.1, 0.15) is 26.3 Å². The number of ketones is 1. The second-order valence-corrected chi connectivity index (χ2v) is 6.71. The Balaban J connectivity index is 0.00000124. The van der Waals surface area contributed by atoms with Gasteiger partial charge in [0.15, 0.2) is 11.5 Å². The molecule has 30 heavy (non-hydrogen) atoms. The van der Waals surface area contributed by atoms with Gasteiger partial charge in [0.2, 0.25) is 5.88 Å². The van der Waals surface area contributed by atoms with Crippen LogP contribution >= 0.6 is 0 Å². The Bertz CT molecular complexity index is 1030. The van der Waals surface area contributed by atoms with Crippen LogP contribution in [0.4, 0.5) is 5.82 Å². The van der Waals surface area contributed by atoms with Crippen LogP contribution in [0.3, 0.4) is 0 Å². The number of hydrogen-bond acceptors (Lipinski definition) is 7. The lowest BCUT2D eigenvalue weighted by Crippen LogP contribution is -2.46. The van der Waals surface area contributed by atoms with Gasteiger partial charge in [-0.15, -0.1) is 5.10 Å². The zero-order valence-electron chi connectivity index (χ0n) is 17.5. The molecule has 1 aliphatic rings. The van der Waals surface area contributed by atoms with Gasteiger partial charge >= 0.3 is 0 Å². The minimum Gasteiger partial charge on any atom is -0.438 e. The van der Waals surface area contributed by atoms with E-state index in [1.807, 2.05) is 44.2 Å². The average Bonchev–Trinajstić information content (AvgIpc) is 3.07. The summed E-state index contributed by atoms with van der Waals surface area (Å²) in [6.07, 6.45) is 2.14. The molecule has 0 aliphatic carbocycles. The molecule has 1 aromatic carbocycles. The maximum absolute atomic E-state index is 11.3. The SMILES string of the molecule is C=C(Nc1cn2nc(Oc3cccc(CC(C)=O)c3)ccc2n1)NC1COC1.CC. The molecule has 0 unspecified atom stereocenters. The first-order chi connectivity index (χ1) is 14.5. The van der Waals surface area contributed by atoms with Crippen LogP contribution in [0.15, 0.2) is 55.0 Å². The quantitative estimate of drug-likeness (QED) is 0.588. The van der Waals surface area contributed by atoms with Crippen LogP contribution in [0.5, 0.6) is 11.6 Å². The summed E-state index contributed by atoms with van der Waals surface area (Å²) in [5.41, 5.74) is 1.59. The maximum Gasteiger partial charge on any atom is 0.237 e. The van der Waals surface area contributed by atoms with Crippen molar-refractivity contribution >= 4 is 17.2 Å². The number of Topliss-reactive ketones (excluding diaryl/α,β-unsaturated/α-hetero) is 1. The van der Waals surface area contributed by atoms with Gasteiger partial charge in [0.05, 0.1) is 31.3 Å². The van der Waals surface area contributed by atoms with E-state index >= 15 is 0 Å². The summed E-state index contributed by atoms with van der Waals surface area (Å²) >= 11 is 0. The zero-order valence-corrected chi connectivity index (χ0v) is 17.5. The summed E-state index contributed by atoms with van der Waals surface area (Å²) in [4.78, 5) is 15.8. The monoisotopic (exact) mass is 409 g/mol. The first-order valence-corrected chi connectivity index (χ1v) is 9.98. The molecule has 3 aromatic rings. The molecule has 2 aromatic heterocycles. The summed E-state index contributed by atoms with van der Waals surface area (Å²) in [5, 5.41) is 10.8. The van der Waals surface area contributed by atoms with E-state index in [1.165, 1.54) is 0 Å². The normalized spacial score (nSPS) is 13.0. The molecular weight excluding hydrogens is 382 g/mol. The average molecular weight is 409 g/mol. The van der Waals surface area contributed by atoms with Crippen molar-refractivity contribution < 1.29 is 14.3 Å². The number of carbonyl (C=O) groups excluding carboxylic acids is 1. The van der Waals surface area contributed by atoms with Crippen molar-refractivity contribution in [3.63, 3.8) is 0 Å². The molecule has 0 amide bonds. The number of rotatable bonds is 8. The lowest BCUT2D eigenvalue weighted by atomic mass is 10.1. The Labute approximate surface area is 175 Å². The number of fused-ring (bicyclic) bond motifs is 1. The summed E-state index contributed by atoms with van der Waals surface area (Å²) in [5.74, 6) is 2.46.